The molecule has 0 radical (unpaired) electrons. The fraction of sp³-hybridized carbons (Fsp3) is 0.500. The van der Waals surface area contributed by atoms with Crippen LogP contribution in [0.2, 0.25) is 5.02 Å². The van der Waals surface area contributed by atoms with Crippen molar-refractivity contribution in [1.29, 1.82) is 0 Å². The van der Waals surface area contributed by atoms with Crippen molar-refractivity contribution in [2.45, 2.75) is 19.4 Å². The van der Waals surface area contributed by atoms with Crippen molar-refractivity contribution in [1.82, 2.24) is 9.80 Å². The van der Waals surface area contributed by atoms with Gasteiger partial charge in [0.05, 0.1) is 17.3 Å². The minimum absolute atomic E-state index is 0.0835. The molecular formula is C16H23ClN4O2. The highest BCUT2D eigenvalue weighted by Gasteiger charge is 2.22. The minimum atomic E-state index is -0.123. The standard InChI is InChI=1S/C16H23ClN4O2/c1-12(18)10-16(23)21-8-6-20(7-9-21)11-15(22)19-14-5-3-2-4-13(14)17/h2-5,12H,6-11,18H2,1H3,(H,19,22). The maximum atomic E-state index is 12.1. The first-order chi connectivity index (χ1) is 11.0. The number of para-hydroxylation sites is 1. The van der Waals surface area contributed by atoms with Crippen LogP contribution in [-0.4, -0.2) is 60.4 Å². The number of nitrogens with one attached hydrogen (secondary N) is 1. The molecule has 1 saturated heterocycles. The summed E-state index contributed by atoms with van der Waals surface area (Å²) in [4.78, 5) is 27.9. The maximum absolute atomic E-state index is 12.1. The summed E-state index contributed by atoms with van der Waals surface area (Å²) in [6.07, 6.45) is 0.368. The zero-order chi connectivity index (χ0) is 16.8. The van der Waals surface area contributed by atoms with Gasteiger partial charge < -0.3 is 16.0 Å². The van der Waals surface area contributed by atoms with E-state index in [9.17, 15) is 9.59 Å². The molecule has 0 bridgehead atoms. The monoisotopic (exact) mass is 338 g/mol. The van der Waals surface area contributed by atoms with E-state index in [4.69, 9.17) is 17.3 Å². The van der Waals surface area contributed by atoms with Crippen LogP contribution in [0.15, 0.2) is 24.3 Å². The predicted octanol–water partition coefficient (Wildman–Crippen LogP) is 1.16. The lowest BCUT2D eigenvalue weighted by Crippen LogP contribution is -2.51. The van der Waals surface area contributed by atoms with Crippen LogP contribution >= 0.6 is 11.6 Å². The molecule has 23 heavy (non-hydrogen) atoms. The highest BCUT2D eigenvalue weighted by atomic mass is 35.5. The van der Waals surface area contributed by atoms with E-state index in [-0.39, 0.29) is 17.9 Å². The zero-order valence-corrected chi connectivity index (χ0v) is 14.1. The summed E-state index contributed by atoms with van der Waals surface area (Å²) in [5.41, 5.74) is 6.27. The van der Waals surface area contributed by atoms with Crippen molar-refractivity contribution in [2.24, 2.45) is 5.73 Å². The number of carbonyl (C=O) groups is 2. The molecule has 7 heteroatoms. The molecule has 0 aromatic heterocycles. The van der Waals surface area contributed by atoms with Crippen molar-refractivity contribution >= 4 is 29.1 Å². The van der Waals surface area contributed by atoms with Crippen LogP contribution in [0.3, 0.4) is 0 Å². The van der Waals surface area contributed by atoms with Crippen LogP contribution in [0, 0.1) is 0 Å². The van der Waals surface area contributed by atoms with E-state index >= 15 is 0 Å². The summed E-state index contributed by atoms with van der Waals surface area (Å²) in [5, 5.41) is 3.33. The molecule has 3 N–H and O–H groups in total. The molecular weight excluding hydrogens is 316 g/mol. The lowest BCUT2D eigenvalue weighted by Gasteiger charge is -2.34. The van der Waals surface area contributed by atoms with Crippen molar-refractivity contribution in [3.63, 3.8) is 0 Å². The third-order valence-electron chi connectivity index (χ3n) is 3.74. The Balaban J connectivity index is 1.77. The van der Waals surface area contributed by atoms with E-state index < -0.39 is 0 Å². The average Bonchev–Trinajstić information content (AvgIpc) is 2.49. The second-order valence-corrected chi connectivity index (χ2v) is 6.27. The summed E-state index contributed by atoms with van der Waals surface area (Å²) >= 11 is 6.02. The van der Waals surface area contributed by atoms with Gasteiger partial charge in [-0.05, 0) is 19.1 Å². The predicted molar refractivity (Wildman–Crippen MR) is 91.4 cm³/mol. The van der Waals surface area contributed by atoms with E-state index in [0.29, 0.717) is 49.9 Å². The van der Waals surface area contributed by atoms with Gasteiger partial charge in [-0.2, -0.15) is 0 Å². The molecule has 2 amide bonds. The molecule has 0 spiro atoms. The quantitative estimate of drug-likeness (QED) is 0.844. The van der Waals surface area contributed by atoms with Crippen LogP contribution in [0.5, 0.6) is 0 Å². The van der Waals surface area contributed by atoms with E-state index in [2.05, 4.69) is 5.32 Å². The second-order valence-electron chi connectivity index (χ2n) is 5.87. The number of hydrogen-bond acceptors (Lipinski definition) is 4. The van der Waals surface area contributed by atoms with Crippen LogP contribution in [-0.2, 0) is 9.59 Å². The van der Waals surface area contributed by atoms with Gasteiger partial charge in [0.15, 0.2) is 0 Å². The zero-order valence-electron chi connectivity index (χ0n) is 13.3. The second kappa shape index (κ2) is 8.29. The summed E-state index contributed by atoms with van der Waals surface area (Å²) in [6.45, 7) is 4.74. The number of rotatable bonds is 5. The number of anilines is 1. The molecule has 1 aliphatic rings. The van der Waals surface area contributed by atoms with E-state index in [1.165, 1.54) is 0 Å². The molecule has 6 nitrogen and oxygen atoms in total. The Morgan fingerprint density at radius 3 is 2.52 bits per heavy atom. The number of nitrogens with two attached hydrogens (primary N) is 1. The maximum Gasteiger partial charge on any atom is 0.238 e. The van der Waals surface area contributed by atoms with Gasteiger partial charge in [0, 0.05) is 38.6 Å². The highest BCUT2D eigenvalue weighted by Crippen LogP contribution is 2.20. The molecule has 1 fully saturated rings. The van der Waals surface area contributed by atoms with Crippen molar-refractivity contribution in [2.75, 3.05) is 38.0 Å². The fourth-order valence-corrected chi connectivity index (χ4v) is 2.70. The number of piperazine rings is 1. The number of halogens is 1. The van der Waals surface area contributed by atoms with Gasteiger partial charge in [0.25, 0.3) is 0 Å². The molecule has 1 aromatic carbocycles. The Labute approximate surface area is 141 Å². The Morgan fingerprint density at radius 2 is 1.91 bits per heavy atom. The molecule has 0 saturated carbocycles. The summed E-state index contributed by atoms with van der Waals surface area (Å²) in [5.74, 6) is -0.0198. The molecule has 126 valence electrons. The van der Waals surface area contributed by atoms with Gasteiger partial charge in [-0.25, -0.2) is 0 Å². The number of carbonyl (C=O) groups excluding carboxylic acids is 2. The first-order valence-corrected chi connectivity index (χ1v) is 8.13. The number of benzene rings is 1. The first kappa shape index (κ1) is 17.7. The van der Waals surface area contributed by atoms with Gasteiger partial charge in [0.1, 0.15) is 0 Å². The van der Waals surface area contributed by atoms with Crippen LogP contribution in [0.1, 0.15) is 13.3 Å². The molecule has 1 atom stereocenters. The highest BCUT2D eigenvalue weighted by molar-refractivity contribution is 6.33. The third-order valence-corrected chi connectivity index (χ3v) is 4.07. The first-order valence-electron chi connectivity index (χ1n) is 7.76. The molecule has 1 heterocycles. The number of hydrogen-bond donors (Lipinski definition) is 2. The Bertz CT molecular complexity index is 557. The topological polar surface area (TPSA) is 78.7 Å². The molecule has 0 aliphatic carbocycles. The lowest BCUT2D eigenvalue weighted by molar-refractivity contribution is -0.133. The molecule has 1 aliphatic heterocycles. The Morgan fingerprint density at radius 1 is 1.26 bits per heavy atom. The van der Waals surface area contributed by atoms with E-state index in [1.54, 1.807) is 12.1 Å². The van der Waals surface area contributed by atoms with Crippen LogP contribution in [0.4, 0.5) is 5.69 Å². The SMILES string of the molecule is CC(N)CC(=O)N1CCN(CC(=O)Nc2ccccc2Cl)CC1. The van der Waals surface area contributed by atoms with E-state index in [0.717, 1.165) is 0 Å². The van der Waals surface area contributed by atoms with Gasteiger partial charge in [-0.15, -0.1) is 0 Å². The van der Waals surface area contributed by atoms with Crippen LogP contribution in [0.25, 0.3) is 0 Å². The van der Waals surface area contributed by atoms with Gasteiger partial charge in [-0.1, -0.05) is 23.7 Å². The summed E-state index contributed by atoms with van der Waals surface area (Å²) in [7, 11) is 0. The molecule has 1 aromatic rings. The normalized spacial score (nSPS) is 16.9. The Kier molecular flexibility index (Phi) is 6.38. The van der Waals surface area contributed by atoms with E-state index in [1.807, 2.05) is 28.9 Å². The van der Waals surface area contributed by atoms with Gasteiger partial charge >= 0.3 is 0 Å². The van der Waals surface area contributed by atoms with Gasteiger partial charge in [0.2, 0.25) is 11.8 Å². The molecule has 2 rings (SSSR count). The number of nitrogens with zero attached hydrogens (tertiary/aromatic N) is 2. The van der Waals surface area contributed by atoms with Gasteiger partial charge in [-0.3, -0.25) is 14.5 Å². The number of amides is 2. The van der Waals surface area contributed by atoms with Crippen molar-refractivity contribution in [3.8, 4) is 0 Å². The lowest BCUT2D eigenvalue weighted by atomic mass is 10.2. The summed E-state index contributed by atoms with van der Waals surface area (Å²) in [6, 6.07) is 7.02. The smallest absolute Gasteiger partial charge is 0.238 e. The van der Waals surface area contributed by atoms with Crippen LogP contribution < -0.4 is 11.1 Å². The van der Waals surface area contributed by atoms with Crippen molar-refractivity contribution < 1.29 is 9.59 Å². The largest absolute Gasteiger partial charge is 0.340 e. The minimum Gasteiger partial charge on any atom is -0.340 e. The van der Waals surface area contributed by atoms with Crippen molar-refractivity contribution in [3.05, 3.63) is 29.3 Å². The summed E-state index contributed by atoms with van der Waals surface area (Å²) < 4.78 is 0. The average molecular weight is 339 g/mol. The molecule has 1 unspecified atom stereocenters. The third kappa shape index (κ3) is 5.49. The Hall–Kier alpha value is -1.63. The fourth-order valence-electron chi connectivity index (χ4n) is 2.52.